The Morgan fingerprint density at radius 2 is 1.76 bits per heavy atom. The molecule has 11 heteroatoms. The van der Waals surface area contributed by atoms with Gasteiger partial charge in [0.25, 0.3) is 5.91 Å². The number of benzene rings is 4. The second-order valence-electron chi connectivity index (χ2n) is 10.1. The average molecular weight is 688 g/mol. The lowest BCUT2D eigenvalue weighted by Gasteiger charge is -2.30. The number of para-hydroxylation sites is 1. The zero-order chi connectivity index (χ0) is 31.8. The van der Waals surface area contributed by atoms with Crippen molar-refractivity contribution in [1.29, 1.82) is 0 Å². The first kappa shape index (κ1) is 31.7. The first-order valence-electron chi connectivity index (χ1n) is 14.2. The number of amides is 1. The van der Waals surface area contributed by atoms with Gasteiger partial charge in [0, 0.05) is 11.3 Å². The van der Waals surface area contributed by atoms with Gasteiger partial charge in [-0.25, -0.2) is 10.2 Å². The van der Waals surface area contributed by atoms with Crippen LogP contribution in [0.15, 0.2) is 106 Å². The van der Waals surface area contributed by atoms with Crippen molar-refractivity contribution in [2.45, 2.75) is 26.5 Å². The summed E-state index contributed by atoms with van der Waals surface area (Å²) < 4.78 is 17.9. The van der Waals surface area contributed by atoms with Crippen molar-refractivity contribution >= 4 is 62.1 Å². The van der Waals surface area contributed by atoms with Crippen molar-refractivity contribution in [3.8, 4) is 11.5 Å². The molecule has 0 fully saturated rings. The number of carbonyl (C=O) groups excluding carboxylic acids is 2. The summed E-state index contributed by atoms with van der Waals surface area (Å²) >= 11 is 8.88. The van der Waals surface area contributed by atoms with Crippen LogP contribution in [0.3, 0.4) is 0 Å². The average Bonchev–Trinajstić information content (AvgIpc) is 3.03. The van der Waals surface area contributed by atoms with Gasteiger partial charge in [-0.1, -0.05) is 54.6 Å². The Bertz CT molecular complexity index is 1810. The minimum atomic E-state index is -0.618. The smallest absolute Gasteiger partial charge is 0.338 e. The molecule has 9 nitrogen and oxygen atoms in total. The lowest BCUT2D eigenvalue weighted by atomic mass is 9.95. The number of hydrogen-bond donors (Lipinski definition) is 3. The van der Waals surface area contributed by atoms with E-state index in [9.17, 15) is 9.59 Å². The summed E-state index contributed by atoms with van der Waals surface area (Å²) in [6, 6.07) is 26.5. The topological polar surface area (TPSA) is 110 Å². The molecule has 0 saturated carbocycles. The Balaban J connectivity index is 1.17. The van der Waals surface area contributed by atoms with Crippen LogP contribution in [0.2, 0.25) is 0 Å². The number of esters is 1. The van der Waals surface area contributed by atoms with E-state index in [1.165, 1.54) is 17.0 Å². The molecule has 1 amide bonds. The van der Waals surface area contributed by atoms with Crippen LogP contribution in [0.4, 0.5) is 0 Å². The van der Waals surface area contributed by atoms with Gasteiger partial charge in [0.15, 0.2) is 11.7 Å². The molecule has 0 bridgehead atoms. The molecule has 230 valence electrons. The molecule has 0 aromatic heterocycles. The minimum Gasteiger partial charge on any atom is -0.488 e. The van der Waals surface area contributed by atoms with Crippen LogP contribution in [0.5, 0.6) is 11.5 Å². The molecule has 1 atom stereocenters. The van der Waals surface area contributed by atoms with Gasteiger partial charge in [-0.2, -0.15) is 5.10 Å². The zero-order valence-electron chi connectivity index (χ0n) is 24.6. The number of hydrazone groups is 1. The Morgan fingerprint density at radius 1 is 0.978 bits per heavy atom. The van der Waals surface area contributed by atoms with E-state index < -0.39 is 17.9 Å². The molecule has 1 aliphatic rings. The third-order valence-electron chi connectivity index (χ3n) is 6.92. The van der Waals surface area contributed by atoms with Gasteiger partial charge in [-0.15, -0.1) is 0 Å². The lowest BCUT2D eigenvalue weighted by Crippen LogP contribution is -2.45. The molecular formula is C34H31BrN4O5S. The number of nitrogens with zero attached hydrogens (tertiary/aromatic N) is 1. The second-order valence-corrected chi connectivity index (χ2v) is 11.3. The predicted octanol–water partition coefficient (Wildman–Crippen LogP) is 6.07. The fourth-order valence-corrected chi connectivity index (χ4v) is 5.60. The van der Waals surface area contributed by atoms with Crippen molar-refractivity contribution in [2.75, 3.05) is 13.2 Å². The van der Waals surface area contributed by atoms with Crippen molar-refractivity contribution in [1.82, 2.24) is 16.1 Å². The summed E-state index contributed by atoms with van der Waals surface area (Å²) in [6.45, 7) is 3.86. The number of carbonyl (C=O) groups is 2. The Labute approximate surface area is 274 Å². The van der Waals surface area contributed by atoms with E-state index in [0.29, 0.717) is 40.1 Å². The number of ether oxygens (including phenoxy) is 3. The normalized spacial score (nSPS) is 14.6. The molecule has 0 unspecified atom stereocenters. The summed E-state index contributed by atoms with van der Waals surface area (Å²) in [5.74, 6) is 0.176. The number of hydrogen-bond acceptors (Lipinski definition) is 7. The molecule has 0 aliphatic carbocycles. The molecule has 1 heterocycles. The predicted molar refractivity (Wildman–Crippen MR) is 181 cm³/mol. The summed E-state index contributed by atoms with van der Waals surface area (Å²) in [5.41, 5.74) is 5.91. The fourth-order valence-electron chi connectivity index (χ4n) is 4.82. The van der Waals surface area contributed by atoms with E-state index in [1.54, 1.807) is 32.0 Å². The summed E-state index contributed by atoms with van der Waals surface area (Å²) in [5, 5.41) is 12.9. The lowest BCUT2D eigenvalue weighted by molar-refractivity contribution is -0.139. The molecule has 0 spiro atoms. The third-order valence-corrected chi connectivity index (χ3v) is 7.76. The van der Waals surface area contributed by atoms with E-state index in [-0.39, 0.29) is 13.2 Å². The summed E-state index contributed by atoms with van der Waals surface area (Å²) in [6.07, 6.45) is 1.53. The van der Waals surface area contributed by atoms with E-state index >= 15 is 0 Å². The molecule has 0 radical (unpaired) electrons. The Kier molecular flexibility index (Phi) is 10.4. The molecule has 5 rings (SSSR count). The number of halogens is 1. The Hall–Kier alpha value is -4.74. The van der Waals surface area contributed by atoms with E-state index in [2.05, 4.69) is 67.4 Å². The standard InChI is InChI=1S/C34H31BrN4O5S/c1-3-42-33(41)31-21(2)37-34(45)38-32(31)26-10-6-7-11-28(26)44-20-30(40)39-36-18-22-13-15-29(27(35)17-22)43-19-23-12-14-24-8-4-5-9-25(24)16-23/h4-18,32H,3,19-20H2,1-2H3,(H,39,40)(H2,37,38,45)/t32-/m1/s1. The highest BCUT2D eigenvalue weighted by Crippen LogP contribution is 2.33. The van der Waals surface area contributed by atoms with Crippen LogP contribution in [0.1, 0.15) is 36.6 Å². The maximum absolute atomic E-state index is 12.7. The van der Waals surface area contributed by atoms with Gasteiger partial charge in [0.2, 0.25) is 0 Å². The van der Waals surface area contributed by atoms with Gasteiger partial charge in [-0.3, -0.25) is 4.79 Å². The molecular weight excluding hydrogens is 656 g/mol. The van der Waals surface area contributed by atoms with E-state index in [1.807, 2.05) is 36.4 Å². The van der Waals surface area contributed by atoms with Crippen molar-refractivity contribution in [3.63, 3.8) is 0 Å². The number of rotatable bonds is 11. The van der Waals surface area contributed by atoms with Crippen molar-refractivity contribution in [2.24, 2.45) is 5.10 Å². The Morgan fingerprint density at radius 3 is 2.56 bits per heavy atom. The maximum atomic E-state index is 12.7. The monoisotopic (exact) mass is 686 g/mol. The first-order valence-corrected chi connectivity index (χ1v) is 15.4. The molecule has 0 saturated heterocycles. The molecule has 1 aliphatic heterocycles. The van der Waals surface area contributed by atoms with Gasteiger partial charge in [0.1, 0.15) is 18.1 Å². The highest BCUT2D eigenvalue weighted by molar-refractivity contribution is 9.10. The molecule has 4 aromatic rings. The quantitative estimate of drug-likeness (QED) is 0.0756. The van der Waals surface area contributed by atoms with Crippen molar-refractivity contribution < 1.29 is 23.8 Å². The van der Waals surface area contributed by atoms with Gasteiger partial charge < -0.3 is 24.8 Å². The van der Waals surface area contributed by atoms with E-state index in [0.717, 1.165) is 15.6 Å². The van der Waals surface area contributed by atoms with Gasteiger partial charge >= 0.3 is 5.97 Å². The number of thiocarbonyl (C=S) groups is 1. The van der Waals surface area contributed by atoms with Crippen LogP contribution < -0.4 is 25.5 Å². The number of fused-ring (bicyclic) bond motifs is 1. The molecule has 45 heavy (non-hydrogen) atoms. The summed E-state index contributed by atoms with van der Waals surface area (Å²) in [4.78, 5) is 25.3. The first-order chi connectivity index (χ1) is 21.8. The highest BCUT2D eigenvalue weighted by atomic mass is 79.9. The maximum Gasteiger partial charge on any atom is 0.338 e. The fraction of sp³-hybridized carbons (Fsp3) is 0.176. The van der Waals surface area contributed by atoms with E-state index in [4.69, 9.17) is 26.4 Å². The summed E-state index contributed by atoms with van der Waals surface area (Å²) in [7, 11) is 0. The molecule has 4 aromatic carbocycles. The third kappa shape index (κ3) is 8.05. The highest BCUT2D eigenvalue weighted by Gasteiger charge is 2.32. The van der Waals surface area contributed by atoms with Crippen LogP contribution >= 0.6 is 28.1 Å². The largest absolute Gasteiger partial charge is 0.488 e. The molecule has 3 N–H and O–H groups in total. The zero-order valence-corrected chi connectivity index (χ0v) is 27.0. The van der Waals surface area contributed by atoms with Crippen molar-refractivity contribution in [3.05, 3.63) is 117 Å². The van der Waals surface area contributed by atoms with Gasteiger partial charge in [-0.05, 0) is 94.2 Å². The SMILES string of the molecule is CCOC(=O)C1=C(C)NC(=S)N[C@@H]1c1ccccc1OCC(=O)NN=Cc1ccc(OCc2ccc3ccccc3c2)c(Br)c1. The number of allylic oxidation sites excluding steroid dienone is 1. The second kappa shape index (κ2) is 14.8. The minimum absolute atomic E-state index is 0.229. The number of nitrogens with one attached hydrogen (secondary N) is 3. The van der Waals surface area contributed by atoms with Crippen LogP contribution in [0, 0.1) is 0 Å². The van der Waals surface area contributed by atoms with Crippen LogP contribution in [-0.2, 0) is 20.9 Å². The van der Waals surface area contributed by atoms with Crippen LogP contribution in [0.25, 0.3) is 10.8 Å². The van der Waals surface area contributed by atoms with Gasteiger partial charge in [0.05, 0.1) is 28.9 Å². The van der Waals surface area contributed by atoms with Crippen LogP contribution in [-0.4, -0.2) is 36.4 Å².